The van der Waals surface area contributed by atoms with Crippen LogP contribution < -0.4 is 5.32 Å². The normalized spacial score (nSPS) is 14.3. The maximum absolute atomic E-state index is 5.47. The number of rotatable bonds is 2. The number of ether oxygens (including phenoxy) is 1. The van der Waals surface area contributed by atoms with Crippen LogP contribution in [-0.4, -0.2) is 23.6 Å². The van der Waals surface area contributed by atoms with Gasteiger partial charge in [-0.1, -0.05) is 0 Å². The molecule has 1 aliphatic rings. The Morgan fingerprint density at radius 3 is 2.94 bits per heavy atom. The van der Waals surface area contributed by atoms with Crippen molar-refractivity contribution in [2.24, 2.45) is 0 Å². The molecule has 0 amide bonds. The Bertz CT molecular complexity index is 562. The molecule has 18 heavy (non-hydrogen) atoms. The molecular formula is C13H15N3OS. The third-order valence-electron chi connectivity index (χ3n) is 3.02. The number of anilines is 1. The van der Waals surface area contributed by atoms with Crippen molar-refractivity contribution in [2.75, 3.05) is 19.0 Å². The van der Waals surface area contributed by atoms with Crippen LogP contribution in [0.15, 0.2) is 12.1 Å². The Labute approximate surface area is 110 Å². The summed E-state index contributed by atoms with van der Waals surface area (Å²) in [6, 6.07) is 4.19. The topological polar surface area (TPSA) is 47.0 Å². The Morgan fingerprint density at radius 2 is 2.22 bits per heavy atom. The molecule has 3 heterocycles. The van der Waals surface area contributed by atoms with Crippen molar-refractivity contribution >= 4 is 17.2 Å². The van der Waals surface area contributed by atoms with Gasteiger partial charge in [-0.15, -0.1) is 11.3 Å². The van der Waals surface area contributed by atoms with Gasteiger partial charge in [0.2, 0.25) is 0 Å². The molecule has 0 fully saturated rings. The lowest BCUT2D eigenvalue weighted by Crippen LogP contribution is -2.15. The lowest BCUT2D eigenvalue weighted by atomic mass is 10.1. The van der Waals surface area contributed by atoms with E-state index in [0.717, 1.165) is 40.8 Å². The summed E-state index contributed by atoms with van der Waals surface area (Å²) in [4.78, 5) is 11.7. The van der Waals surface area contributed by atoms with Crippen molar-refractivity contribution in [3.8, 4) is 10.7 Å². The first kappa shape index (κ1) is 11.6. The first-order valence-corrected chi connectivity index (χ1v) is 6.81. The van der Waals surface area contributed by atoms with Gasteiger partial charge in [-0.2, -0.15) is 0 Å². The molecule has 0 unspecified atom stereocenters. The second-order valence-corrected chi connectivity index (χ2v) is 5.57. The average Bonchev–Trinajstić information content (AvgIpc) is 2.84. The number of aryl methyl sites for hydroxylation is 1. The minimum absolute atomic E-state index is 0.606. The summed E-state index contributed by atoms with van der Waals surface area (Å²) in [5.74, 6) is 1.71. The number of aromatic nitrogens is 2. The van der Waals surface area contributed by atoms with E-state index in [0.29, 0.717) is 6.61 Å². The van der Waals surface area contributed by atoms with Crippen LogP contribution in [0.4, 0.5) is 5.82 Å². The van der Waals surface area contributed by atoms with Crippen molar-refractivity contribution in [3.63, 3.8) is 0 Å². The highest BCUT2D eigenvalue weighted by Gasteiger charge is 2.18. The van der Waals surface area contributed by atoms with Crippen molar-refractivity contribution in [1.82, 2.24) is 9.97 Å². The van der Waals surface area contributed by atoms with Gasteiger partial charge in [-0.25, -0.2) is 9.97 Å². The minimum atomic E-state index is 0.606. The number of hydrogen-bond acceptors (Lipinski definition) is 5. The highest BCUT2D eigenvalue weighted by Crippen LogP contribution is 2.29. The number of hydrogen-bond donors (Lipinski definition) is 1. The molecule has 0 spiro atoms. The lowest BCUT2D eigenvalue weighted by molar-refractivity contribution is 0.109. The summed E-state index contributed by atoms with van der Waals surface area (Å²) < 4.78 is 5.47. The maximum Gasteiger partial charge on any atom is 0.171 e. The first-order valence-electron chi connectivity index (χ1n) is 6.00. The molecule has 0 aliphatic carbocycles. The standard InChI is InChI=1S/C13H15N3OS/c1-8-3-4-11(18-8)13-15-10-5-6-17-7-9(10)12(14-2)16-13/h3-4H,5-7H2,1-2H3,(H,14,15,16). The summed E-state index contributed by atoms with van der Waals surface area (Å²) in [6.45, 7) is 3.45. The van der Waals surface area contributed by atoms with Gasteiger partial charge in [0, 0.05) is 23.9 Å². The summed E-state index contributed by atoms with van der Waals surface area (Å²) in [6.07, 6.45) is 0.865. The van der Waals surface area contributed by atoms with E-state index in [2.05, 4.69) is 34.3 Å². The van der Waals surface area contributed by atoms with E-state index >= 15 is 0 Å². The molecule has 0 aromatic carbocycles. The minimum Gasteiger partial charge on any atom is -0.376 e. The summed E-state index contributed by atoms with van der Waals surface area (Å²) in [7, 11) is 1.89. The zero-order valence-corrected chi connectivity index (χ0v) is 11.3. The third kappa shape index (κ3) is 2.00. The summed E-state index contributed by atoms with van der Waals surface area (Å²) in [5.41, 5.74) is 2.21. The zero-order chi connectivity index (χ0) is 12.5. The quantitative estimate of drug-likeness (QED) is 0.902. The fraction of sp³-hybridized carbons (Fsp3) is 0.385. The van der Waals surface area contributed by atoms with E-state index in [1.54, 1.807) is 11.3 Å². The first-order chi connectivity index (χ1) is 8.78. The molecule has 0 saturated carbocycles. The van der Waals surface area contributed by atoms with Crippen LogP contribution in [0.2, 0.25) is 0 Å². The average molecular weight is 261 g/mol. The highest BCUT2D eigenvalue weighted by molar-refractivity contribution is 7.15. The van der Waals surface area contributed by atoms with Crippen LogP contribution in [0.1, 0.15) is 16.1 Å². The van der Waals surface area contributed by atoms with E-state index in [1.165, 1.54) is 4.88 Å². The predicted molar refractivity (Wildman–Crippen MR) is 73.0 cm³/mol. The number of thiophene rings is 1. The molecule has 0 atom stereocenters. The Kier molecular flexibility index (Phi) is 3.01. The number of fused-ring (bicyclic) bond motifs is 1. The summed E-state index contributed by atoms with van der Waals surface area (Å²) in [5, 5.41) is 3.15. The van der Waals surface area contributed by atoms with Crippen LogP contribution in [0.25, 0.3) is 10.7 Å². The monoisotopic (exact) mass is 261 g/mol. The predicted octanol–water partition coefficient (Wildman–Crippen LogP) is 2.63. The van der Waals surface area contributed by atoms with Crippen LogP contribution >= 0.6 is 11.3 Å². The fourth-order valence-corrected chi connectivity index (χ4v) is 2.91. The van der Waals surface area contributed by atoms with E-state index in [-0.39, 0.29) is 0 Å². The molecule has 0 saturated heterocycles. The van der Waals surface area contributed by atoms with E-state index in [1.807, 2.05) is 7.05 Å². The SMILES string of the molecule is CNc1nc(-c2ccc(C)s2)nc2c1COCC2. The van der Waals surface area contributed by atoms with Gasteiger partial charge in [0.05, 0.1) is 23.8 Å². The largest absolute Gasteiger partial charge is 0.376 e. The molecule has 2 aromatic rings. The van der Waals surface area contributed by atoms with Gasteiger partial charge in [-0.3, -0.25) is 0 Å². The van der Waals surface area contributed by atoms with Gasteiger partial charge in [-0.05, 0) is 19.1 Å². The van der Waals surface area contributed by atoms with Crippen molar-refractivity contribution in [2.45, 2.75) is 20.0 Å². The van der Waals surface area contributed by atoms with Crippen LogP contribution in [-0.2, 0) is 17.8 Å². The smallest absolute Gasteiger partial charge is 0.171 e. The van der Waals surface area contributed by atoms with Crippen LogP contribution in [0.5, 0.6) is 0 Å². The highest BCUT2D eigenvalue weighted by atomic mass is 32.1. The number of nitrogens with zero attached hydrogens (tertiary/aromatic N) is 2. The molecule has 1 N–H and O–H groups in total. The van der Waals surface area contributed by atoms with Crippen molar-refractivity contribution in [3.05, 3.63) is 28.3 Å². The van der Waals surface area contributed by atoms with E-state index < -0.39 is 0 Å². The molecule has 2 aromatic heterocycles. The second kappa shape index (κ2) is 4.66. The van der Waals surface area contributed by atoms with Gasteiger partial charge in [0.1, 0.15) is 5.82 Å². The van der Waals surface area contributed by atoms with Gasteiger partial charge in [0.15, 0.2) is 5.82 Å². The molecule has 0 radical (unpaired) electrons. The van der Waals surface area contributed by atoms with Gasteiger partial charge >= 0.3 is 0 Å². The van der Waals surface area contributed by atoms with Gasteiger partial charge in [0.25, 0.3) is 0 Å². The third-order valence-corrected chi connectivity index (χ3v) is 4.02. The number of nitrogens with one attached hydrogen (secondary N) is 1. The fourth-order valence-electron chi connectivity index (χ4n) is 2.10. The molecule has 1 aliphatic heterocycles. The molecule has 0 bridgehead atoms. The maximum atomic E-state index is 5.47. The molecule has 3 rings (SSSR count). The summed E-state index contributed by atoms with van der Waals surface area (Å²) >= 11 is 1.73. The molecule has 4 nitrogen and oxygen atoms in total. The van der Waals surface area contributed by atoms with E-state index in [9.17, 15) is 0 Å². The zero-order valence-electron chi connectivity index (χ0n) is 10.5. The molecule has 5 heteroatoms. The van der Waals surface area contributed by atoms with Crippen LogP contribution in [0.3, 0.4) is 0 Å². The van der Waals surface area contributed by atoms with Crippen molar-refractivity contribution in [1.29, 1.82) is 0 Å². The van der Waals surface area contributed by atoms with Gasteiger partial charge < -0.3 is 10.1 Å². The lowest BCUT2D eigenvalue weighted by Gasteiger charge is -2.18. The van der Waals surface area contributed by atoms with E-state index in [4.69, 9.17) is 4.74 Å². The Balaban J connectivity index is 2.11. The van der Waals surface area contributed by atoms with Crippen molar-refractivity contribution < 1.29 is 4.74 Å². The second-order valence-electron chi connectivity index (χ2n) is 4.28. The molecule has 94 valence electrons. The Morgan fingerprint density at radius 1 is 1.33 bits per heavy atom. The molecular weight excluding hydrogens is 246 g/mol. The van der Waals surface area contributed by atoms with Crippen LogP contribution in [0, 0.1) is 6.92 Å². The Hall–Kier alpha value is -1.46.